The van der Waals surface area contributed by atoms with Crippen LogP contribution < -0.4 is 10.9 Å². The number of nitrogens with one attached hydrogen (secondary N) is 2. The number of benzene rings is 1. The van der Waals surface area contributed by atoms with Crippen LogP contribution in [0.2, 0.25) is 0 Å². The fraction of sp³-hybridized carbons (Fsp3) is 0.308. The maximum Gasteiger partial charge on any atom is 0.263 e. The van der Waals surface area contributed by atoms with E-state index in [0.29, 0.717) is 0 Å². The van der Waals surface area contributed by atoms with Crippen LogP contribution in [0.3, 0.4) is 0 Å². The van der Waals surface area contributed by atoms with Crippen LogP contribution in [0.25, 0.3) is 6.08 Å². The van der Waals surface area contributed by atoms with Crippen LogP contribution >= 0.6 is 0 Å². The lowest BCUT2D eigenvalue weighted by Crippen LogP contribution is -2.38. The third-order valence-electron chi connectivity index (χ3n) is 2.89. The molecule has 1 aromatic rings. The lowest BCUT2D eigenvalue weighted by atomic mass is 9.93. The number of hydrogen-bond donors (Lipinski definition) is 2. The minimum Gasteiger partial charge on any atom is -0.287 e. The minimum atomic E-state index is -0.320. The lowest BCUT2D eigenvalue weighted by Gasteiger charge is -2.17. The van der Waals surface area contributed by atoms with Crippen LogP contribution in [-0.2, 0) is 4.79 Å². The standard InChI is InChI=1S/C13H16N2O/c1-9-6-4-5-7-10(9)8-11-12(16)14-15-13(11,2)3/h4-8,15H,1-3H3,(H,14,16)/b11-8+. The fourth-order valence-corrected chi connectivity index (χ4v) is 1.78. The van der Waals surface area contributed by atoms with Gasteiger partial charge in [0.15, 0.2) is 0 Å². The van der Waals surface area contributed by atoms with E-state index in [1.807, 2.05) is 51.1 Å². The average molecular weight is 216 g/mol. The summed E-state index contributed by atoms with van der Waals surface area (Å²) in [5.74, 6) is -0.0479. The molecule has 0 radical (unpaired) electrons. The zero-order valence-electron chi connectivity index (χ0n) is 9.79. The largest absolute Gasteiger partial charge is 0.287 e. The Morgan fingerprint density at radius 1 is 1.25 bits per heavy atom. The van der Waals surface area contributed by atoms with Gasteiger partial charge in [0.1, 0.15) is 0 Å². The Balaban J connectivity index is 2.45. The molecule has 1 aromatic carbocycles. The van der Waals surface area contributed by atoms with Gasteiger partial charge < -0.3 is 0 Å². The highest BCUT2D eigenvalue weighted by Gasteiger charge is 2.34. The highest BCUT2D eigenvalue weighted by atomic mass is 16.2. The van der Waals surface area contributed by atoms with Crippen molar-refractivity contribution in [3.8, 4) is 0 Å². The first-order valence-corrected chi connectivity index (χ1v) is 5.36. The summed E-state index contributed by atoms with van der Waals surface area (Å²) in [6.45, 7) is 6.00. The van der Waals surface area contributed by atoms with Gasteiger partial charge in [-0.25, -0.2) is 5.43 Å². The molecule has 1 saturated heterocycles. The van der Waals surface area contributed by atoms with Gasteiger partial charge in [0.2, 0.25) is 0 Å². The molecule has 1 fully saturated rings. The SMILES string of the molecule is Cc1ccccc1/C=C1\C(=O)NNC1(C)C. The number of hydrazine groups is 1. The van der Waals surface area contributed by atoms with Crippen LogP contribution in [0.1, 0.15) is 25.0 Å². The highest BCUT2D eigenvalue weighted by Crippen LogP contribution is 2.23. The van der Waals surface area contributed by atoms with E-state index in [2.05, 4.69) is 10.9 Å². The summed E-state index contributed by atoms with van der Waals surface area (Å²) < 4.78 is 0. The molecule has 0 aliphatic carbocycles. The van der Waals surface area contributed by atoms with E-state index >= 15 is 0 Å². The van der Waals surface area contributed by atoms with Crippen molar-refractivity contribution >= 4 is 12.0 Å². The lowest BCUT2D eigenvalue weighted by molar-refractivity contribution is -0.116. The van der Waals surface area contributed by atoms with Crippen molar-refractivity contribution in [2.75, 3.05) is 0 Å². The van der Waals surface area contributed by atoms with Crippen molar-refractivity contribution in [3.05, 3.63) is 41.0 Å². The molecule has 3 nitrogen and oxygen atoms in total. The molecule has 1 heterocycles. The summed E-state index contributed by atoms with van der Waals surface area (Å²) >= 11 is 0. The monoisotopic (exact) mass is 216 g/mol. The fourth-order valence-electron chi connectivity index (χ4n) is 1.78. The molecule has 0 saturated carbocycles. The van der Waals surface area contributed by atoms with Crippen molar-refractivity contribution in [3.63, 3.8) is 0 Å². The zero-order valence-corrected chi connectivity index (χ0v) is 9.79. The quantitative estimate of drug-likeness (QED) is 0.703. The molecule has 84 valence electrons. The van der Waals surface area contributed by atoms with Crippen molar-refractivity contribution in [2.24, 2.45) is 0 Å². The molecule has 16 heavy (non-hydrogen) atoms. The Bertz CT molecular complexity index is 461. The van der Waals surface area contributed by atoms with Gasteiger partial charge >= 0.3 is 0 Å². The van der Waals surface area contributed by atoms with E-state index in [4.69, 9.17) is 0 Å². The van der Waals surface area contributed by atoms with Crippen LogP contribution in [0.15, 0.2) is 29.8 Å². The Labute approximate surface area is 95.5 Å². The molecule has 1 amide bonds. The average Bonchev–Trinajstić information content (AvgIpc) is 2.48. The number of carbonyl (C=O) groups is 1. The number of carbonyl (C=O) groups excluding carboxylic acids is 1. The second kappa shape index (κ2) is 3.76. The van der Waals surface area contributed by atoms with Crippen LogP contribution in [0.4, 0.5) is 0 Å². The number of aryl methyl sites for hydroxylation is 1. The van der Waals surface area contributed by atoms with Gasteiger partial charge in [0, 0.05) is 5.57 Å². The first-order valence-electron chi connectivity index (χ1n) is 5.36. The topological polar surface area (TPSA) is 41.1 Å². The first-order chi connectivity index (χ1) is 7.50. The minimum absolute atomic E-state index is 0.0479. The maximum absolute atomic E-state index is 11.7. The van der Waals surface area contributed by atoms with Gasteiger partial charge in [0.25, 0.3) is 5.91 Å². The van der Waals surface area contributed by atoms with Crippen molar-refractivity contribution < 1.29 is 4.79 Å². The zero-order chi connectivity index (χ0) is 11.8. The molecule has 0 unspecified atom stereocenters. The summed E-state index contributed by atoms with van der Waals surface area (Å²) in [6.07, 6.45) is 1.95. The molecule has 3 heteroatoms. The van der Waals surface area contributed by atoms with Crippen LogP contribution in [0.5, 0.6) is 0 Å². The van der Waals surface area contributed by atoms with E-state index in [0.717, 1.165) is 11.1 Å². The van der Waals surface area contributed by atoms with E-state index in [1.54, 1.807) is 0 Å². The summed E-state index contributed by atoms with van der Waals surface area (Å²) in [6, 6.07) is 8.03. The molecule has 2 N–H and O–H groups in total. The second-order valence-electron chi connectivity index (χ2n) is 4.62. The predicted octanol–water partition coefficient (Wildman–Crippen LogP) is 1.79. The Morgan fingerprint density at radius 3 is 2.50 bits per heavy atom. The van der Waals surface area contributed by atoms with Gasteiger partial charge in [-0.15, -0.1) is 0 Å². The van der Waals surface area contributed by atoms with Gasteiger partial charge in [-0.3, -0.25) is 10.2 Å². The summed E-state index contributed by atoms with van der Waals surface area (Å²) in [7, 11) is 0. The van der Waals surface area contributed by atoms with Crippen molar-refractivity contribution in [1.82, 2.24) is 10.9 Å². The smallest absolute Gasteiger partial charge is 0.263 e. The van der Waals surface area contributed by atoms with E-state index < -0.39 is 0 Å². The molecule has 2 rings (SSSR count). The van der Waals surface area contributed by atoms with Gasteiger partial charge in [0.05, 0.1) is 5.54 Å². The van der Waals surface area contributed by atoms with E-state index in [-0.39, 0.29) is 11.4 Å². The summed E-state index contributed by atoms with van der Waals surface area (Å²) in [5.41, 5.74) is 8.31. The third-order valence-corrected chi connectivity index (χ3v) is 2.89. The van der Waals surface area contributed by atoms with Gasteiger partial charge in [-0.2, -0.15) is 0 Å². The number of amides is 1. The summed E-state index contributed by atoms with van der Waals surface area (Å²) in [5, 5.41) is 0. The molecule has 0 atom stereocenters. The molecule has 0 bridgehead atoms. The Morgan fingerprint density at radius 2 is 1.94 bits per heavy atom. The molecular weight excluding hydrogens is 200 g/mol. The molecule has 0 aromatic heterocycles. The Kier molecular flexibility index (Phi) is 2.56. The van der Waals surface area contributed by atoms with Crippen LogP contribution in [0, 0.1) is 6.92 Å². The Hall–Kier alpha value is -1.61. The second-order valence-corrected chi connectivity index (χ2v) is 4.62. The normalized spacial score (nSPS) is 21.2. The van der Waals surface area contributed by atoms with E-state index in [9.17, 15) is 4.79 Å². The molecule has 0 spiro atoms. The molecule has 1 aliphatic heterocycles. The highest BCUT2D eigenvalue weighted by molar-refractivity contribution is 6.01. The predicted molar refractivity (Wildman–Crippen MR) is 64.5 cm³/mol. The molecular formula is C13H16N2O. The number of rotatable bonds is 1. The third kappa shape index (κ3) is 1.86. The van der Waals surface area contributed by atoms with Crippen LogP contribution in [-0.4, -0.2) is 11.4 Å². The summed E-state index contributed by atoms with van der Waals surface area (Å²) in [4.78, 5) is 11.7. The van der Waals surface area contributed by atoms with Gasteiger partial charge in [-0.05, 0) is 38.0 Å². The van der Waals surface area contributed by atoms with Gasteiger partial charge in [-0.1, -0.05) is 24.3 Å². The first kappa shape index (κ1) is 10.9. The maximum atomic E-state index is 11.7. The molecule has 1 aliphatic rings. The van der Waals surface area contributed by atoms with E-state index in [1.165, 1.54) is 5.56 Å². The van der Waals surface area contributed by atoms with Crippen molar-refractivity contribution in [1.29, 1.82) is 0 Å². The number of hydrogen-bond acceptors (Lipinski definition) is 2. The van der Waals surface area contributed by atoms with Crippen molar-refractivity contribution in [2.45, 2.75) is 26.3 Å².